The number of hydrogen-bond donors (Lipinski definition) is 2. The van der Waals surface area contributed by atoms with Gasteiger partial charge in [-0.2, -0.15) is 0 Å². The van der Waals surface area contributed by atoms with Gasteiger partial charge in [0, 0.05) is 45.9 Å². The molecule has 2 bridgehead atoms. The minimum atomic E-state index is -0.376. The van der Waals surface area contributed by atoms with Gasteiger partial charge in [-0.25, -0.2) is 0 Å². The minimum absolute atomic E-state index is 0.235. The van der Waals surface area contributed by atoms with Gasteiger partial charge in [0.05, 0.1) is 19.3 Å². The number of fused-ring (bicyclic) bond motifs is 2. The van der Waals surface area contributed by atoms with Crippen molar-refractivity contribution in [3.05, 3.63) is 0 Å². The summed E-state index contributed by atoms with van der Waals surface area (Å²) in [6, 6.07) is 0. The molecule has 1 aliphatic heterocycles. The molecule has 2 N–H and O–H groups in total. The van der Waals surface area contributed by atoms with E-state index in [4.69, 9.17) is 9.84 Å². The highest BCUT2D eigenvalue weighted by atomic mass is 16.5. The van der Waals surface area contributed by atoms with Crippen LogP contribution in [0.2, 0.25) is 0 Å². The molecule has 0 aromatic rings. The molecule has 3 rings (SSSR count). The van der Waals surface area contributed by atoms with Gasteiger partial charge in [-0.1, -0.05) is 6.42 Å². The predicted octanol–water partition coefficient (Wildman–Crippen LogP) is 0.800. The summed E-state index contributed by atoms with van der Waals surface area (Å²) in [5.41, 5.74) is 0. The Morgan fingerprint density at radius 2 is 1.83 bits per heavy atom. The molecule has 5 nitrogen and oxygen atoms in total. The maximum Gasteiger partial charge on any atom is 0.0900 e. The number of piperazine rings is 1. The van der Waals surface area contributed by atoms with E-state index < -0.39 is 0 Å². The molecule has 0 radical (unpaired) electrons. The summed E-state index contributed by atoms with van der Waals surface area (Å²) in [6.07, 6.45) is 6.62. The summed E-state index contributed by atoms with van der Waals surface area (Å²) in [6.45, 7) is 6.91. The van der Waals surface area contributed by atoms with E-state index in [1.54, 1.807) is 0 Å². The van der Waals surface area contributed by atoms with Crippen molar-refractivity contribution in [3.8, 4) is 0 Å². The molecule has 1 saturated heterocycles. The first-order valence-corrected chi connectivity index (χ1v) is 9.56. The van der Waals surface area contributed by atoms with Crippen molar-refractivity contribution in [3.63, 3.8) is 0 Å². The number of hydrogen-bond acceptors (Lipinski definition) is 5. The normalized spacial score (nSPS) is 33.4. The van der Waals surface area contributed by atoms with E-state index in [9.17, 15) is 5.11 Å². The number of β-amino-alcohol motifs (C(OH)–C–C–N with tert-alkyl or cyclic N) is 2. The van der Waals surface area contributed by atoms with Gasteiger partial charge in [-0.05, 0) is 43.4 Å². The maximum atomic E-state index is 10.1. The van der Waals surface area contributed by atoms with Crippen molar-refractivity contribution >= 4 is 0 Å². The summed E-state index contributed by atoms with van der Waals surface area (Å²) in [5.74, 6) is 2.88. The average Bonchev–Trinajstić information content (AvgIpc) is 3.17. The zero-order valence-corrected chi connectivity index (χ0v) is 14.4. The van der Waals surface area contributed by atoms with Gasteiger partial charge in [-0.3, -0.25) is 9.80 Å². The Morgan fingerprint density at radius 3 is 2.48 bits per heavy atom. The Kier molecular flexibility index (Phi) is 6.72. The van der Waals surface area contributed by atoms with Crippen LogP contribution in [0.15, 0.2) is 0 Å². The van der Waals surface area contributed by atoms with Crippen LogP contribution in [-0.4, -0.2) is 85.2 Å². The van der Waals surface area contributed by atoms with Gasteiger partial charge in [0.25, 0.3) is 0 Å². The van der Waals surface area contributed by atoms with Gasteiger partial charge < -0.3 is 14.9 Å². The number of nitrogens with zero attached hydrogens (tertiary/aromatic N) is 2. The molecule has 0 aromatic heterocycles. The van der Waals surface area contributed by atoms with E-state index >= 15 is 0 Å². The third kappa shape index (κ3) is 5.13. The van der Waals surface area contributed by atoms with E-state index in [0.29, 0.717) is 13.2 Å². The molecule has 2 saturated carbocycles. The lowest BCUT2D eigenvalue weighted by Crippen LogP contribution is -2.49. The maximum absolute atomic E-state index is 10.1. The molecule has 1 heterocycles. The number of rotatable bonds is 9. The smallest absolute Gasteiger partial charge is 0.0900 e. The summed E-state index contributed by atoms with van der Waals surface area (Å²) < 4.78 is 5.75. The molecule has 0 unspecified atom stereocenters. The zero-order valence-electron chi connectivity index (χ0n) is 14.4. The van der Waals surface area contributed by atoms with Crippen molar-refractivity contribution in [2.24, 2.45) is 17.8 Å². The Labute approximate surface area is 140 Å². The molecule has 23 heavy (non-hydrogen) atoms. The van der Waals surface area contributed by atoms with Gasteiger partial charge >= 0.3 is 0 Å². The van der Waals surface area contributed by atoms with Crippen LogP contribution in [0.25, 0.3) is 0 Å². The van der Waals surface area contributed by atoms with Crippen molar-refractivity contribution in [1.82, 2.24) is 9.80 Å². The van der Waals surface area contributed by atoms with Crippen molar-refractivity contribution in [2.45, 2.75) is 38.2 Å². The quantitative estimate of drug-likeness (QED) is 0.614. The third-order valence-corrected chi connectivity index (χ3v) is 6.18. The number of aliphatic hydroxyl groups is 2. The highest BCUT2D eigenvalue weighted by molar-refractivity contribution is 4.89. The van der Waals surface area contributed by atoms with Crippen LogP contribution in [0.3, 0.4) is 0 Å². The first kappa shape index (κ1) is 17.6. The molecule has 0 amide bonds. The SMILES string of the molecule is OCCN1CCN(C[C@@H](O)COCC[C@H]2C[C@@H]3CC[C@H]2C3)CC1. The average molecular weight is 326 g/mol. The van der Waals surface area contributed by atoms with Crippen molar-refractivity contribution < 1.29 is 14.9 Å². The summed E-state index contributed by atoms with van der Waals surface area (Å²) >= 11 is 0. The Hall–Kier alpha value is -0.200. The van der Waals surface area contributed by atoms with Gasteiger partial charge in [0.15, 0.2) is 0 Å². The third-order valence-electron chi connectivity index (χ3n) is 6.18. The predicted molar refractivity (Wildman–Crippen MR) is 90.3 cm³/mol. The van der Waals surface area contributed by atoms with Crippen LogP contribution >= 0.6 is 0 Å². The molecule has 0 spiro atoms. The fourth-order valence-electron chi connectivity index (χ4n) is 4.87. The second kappa shape index (κ2) is 8.77. The standard InChI is InChI=1S/C18H34N2O3/c21-9-8-19-4-6-20(7-5-19)13-18(22)14-23-10-3-17-12-15-1-2-16(17)11-15/h15-18,21-22H,1-14H2/t15-,16+,17+,18-/m1/s1. The summed E-state index contributed by atoms with van der Waals surface area (Å²) in [4.78, 5) is 4.58. The minimum Gasteiger partial charge on any atom is -0.395 e. The molecular weight excluding hydrogens is 292 g/mol. The highest BCUT2D eigenvalue weighted by Crippen LogP contribution is 2.49. The molecule has 3 aliphatic rings. The second-order valence-electron chi connectivity index (χ2n) is 7.82. The van der Waals surface area contributed by atoms with E-state index in [0.717, 1.165) is 57.1 Å². The Morgan fingerprint density at radius 1 is 1.04 bits per heavy atom. The van der Waals surface area contributed by atoms with E-state index in [-0.39, 0.29) is 12.7 Å². The number of aliphatic hydroxyl groups excluding tert-OH is 2. The van der Waals surface area contributed by atoms with Crippen LogP contribution in [-0.2, 0) is 4.74 Å². The molecule has 5 heteroatoms. The van der Waals surface area contributed by atoms with Gasteiger partial charge in [-0.15, -0.1) is 0 Å². The molecule has 3 fully saturated rings. The first-order valence-electron chi connectivity index (χ1n) is 9.56. The Bertz CT molecular complexity index is 347. The van der Waals surface area contributed by atoms with Crippen LogP contribution in [0, 0.1) is 17.8 Å². The van der Waals surface area contributed by atoms with Crippen LogP contribution < -0.4 is 0 Å². The van der Waals surface area contributed by atoms with Gasteiger partial charge in [0.2, 0.25) is 0 Å². The van der Waals surface area contributed by atoms with Crippen LogP contribution in [0.4, 0.5) is 0 Å². The molecule has 0 aromatic carbocycles. The fraction of sp³-hybridized carbons (Fsp3) is 1.00. The lowest BCUT2D eigenvalue weighted by atomic mass is 9.87. The summed E-state index contributed by atoms with van der Waals surface area (Å²) in [7, 11) is 0. The van der Waals surface area contributed by atoms with Crippen LogP contribution in [0.5, 0.6) is 0 Å². The van der Waals surface area contributed by atoms with Crippen molar-refractivity contribution in [2.75, 3.05) is 59.1 Å². The van der Waals surface area contributed by atoms with E-state index in [1.807, 2.05) is 0 Å². The second-order valence-corrected chi connectivity index (χ2v) is 7.82. The monoisotopic (exact) mass is 326 g/mol. The first-order chi connectivity index (χ1) is 11.2. The number of ether oxygens (including phenoxy) is 1. The van der Waals surface area contributed by atoms with E-state index in [1.165, 1.54) is 32.1 Å². The van der Waals surface area contributed by atoms with Crippen molar-refractivity contribution in [1.29, 1.82) is 0 Å². The lowest BCUT2D eigenvalue weighted by Gasteiger charge is -2.35. The highest BCUT2D eigenvalue weighted by Gasteiger charge is 2.38. The zero-order chi connectivity index (χ0) is 16.1. The Balaban J connectivity index is 1.22. The van der Waals surface area contributed by atoms with Crippen LogP contribution in [0.1, 0.15) is 32.1 Å². The molecule has 4 atom stereocenters. The molecule has 2 aliphatic carbocycles. The van der Waals surface area contributed by atoms with Gasteiger partial charge in [0.1, 0.15) is 0 Å². The largest absolute Gasteiger partial charge is 0.395 e. The van der Waals surface area contributed by atoms with E-state index in [2.05, 4.69) is 9.80 Å². The summed E-state index contributed by atoms with van der Waals surface area (Å²) in [5, 5.41) is 19.1. The fourth-order valence-corrected chi connectivity index (χ4v) is 4.87. The molecular formula is C18H34N2O3. The lowest BCUT2D eigenvalue weighted by molar-refractivity contribution is 0.00152. The molecule has 134 valence electrons. The topological polar surface area (TPSA) is 56.2 Å².